The lowest BCUT2D eigenvalue weighted by atomic mass is 9.42. The van der Waals surface area contributed by atoms with Crippen LogP contribution in [0.15, 0.2) is 0 Å². The third kappa shape index (κ3) is 2.84. The van der Waals surface area contributed by atoms with E-state index in [0.29, 0.717) is 32.1 Å². The molecule has 4 saturated carbocycles. The van der Waals surface area contributed by atoms with Crippen LogP contribution in [0.4, 0.5) is 4.39 Å². The summed E-state index contributed by atoms with van der Waals surface area (Å²) < 4.78 is 21.8. The lowest BCUT2D eigenvalue weighted by Crippen LogP contribution is -2.68. The van der Waals surface area contributed by atoms with Crippen molar-refractivity contribution < 1.29 is 28.6 Å². The van der Waals surface area contributed by atoms with Gasteiger partial charge in [-0.2, -0.15) is 0 Å². The Bertz CT molecular complexity index is 737. The molecule has 0 aliphatic heterocycles. The third-order valence-corrected chi connectivity index (χ3v) is 9.27. The van der Waals surface area contributed by atoms with Gasteiger partial charge in [0.15, 0.2) is 17.2 Å². The highest BCUT2D eigenvalue weighted by atomic mass is 19.1. The number of aliphatic hydroxyl groups is 1. The van der Waals surface area contributed by atoms with Crippen molar-refractivity contribution in [2.24, 2.45) is 34.5 Å². The molecule has 4 rings (SSSR count). The molecule has 0 unspecified atom stereocenters. The van der Waals surface area contributed by atoms with Crippen LogP contribution in [0.5, 0.6) is 0 Å². The largest absolute Gasteiger partial charge is 0.458 e. The average Bonchev–Trinajstić information content (AvgIpc) is 2.98. The molecule has 4 fully saturated rings. The number of rotatable bonds is 3. The second-order valence-corrected chi connectivity index (χ2v) is 10.5. The maximum atomic E-state index is 16.9. The zero-order chi connectivity index (χ0) is 21.2. The molecule has 4 aliphatic rings. The summed E-state index contributed by atoms with van der Waals surface area (Å²) in [7, 11) is 0. The van der Waals surface area contributed by atoms with E-state index in [4.69, 9.17) is 4.74 Å². The van der Waals surface area contributed by atoms with Gasteiger partial charge in [0.1, 0.15) is 6.61 Å². The number of ether oxygens (including phenoxy) is 1. The Hall–Kier alpha value is -1.30. The van der Waals surface area contributed by atoms with Crippen LogP contribution >= 0.6 is 0 Å². The lowest BCUT2D eigenvalue weighted by Gasteiger charge is -2.62. The Labute approximate surface area is 171 Å². The maximum Gasteiger partial charge on any atom is 0.303 e. The number of aliphatic hydroxyl groups excluding tert-OH is 1. The Morgan fingerprint density at radius 2 is 1.83 bits per heavy atom. The molecule has 0 amide bonds. The highest BCUT2D eigenvalue weighted by molar-refractivity contribution is 5.92. The molecule has 0 aromatic rings. The summed E-state index contributed by atoms with van der Waals surface area (Å²) in [5.74, 6) is -1.70. The number of alkyl halides is 1. The summed E-state index contributed by atoms with van der Waals surface area (Å²) in [6, 6.07) is 0. The highest BCUT2D eigenvalue weighted by Crippen LogP contribution is 2.69. The van der Waals surface area contributed by atoms with Crippen molar-refractivity contribution >= 4 is 17.5 Å². The van der Waals surface area contributed by atoms with E-state index in [1.165, 1.54) is 6.92 Å². The van der Waals surface area contributed by atoms with Crippen molar-refractivity contribution in [2.75, 3.05) is 6.61 Å². The highest BCUT2D eigenvalue weighted by Gasteiger charge is 2.72. The van der Waals surface area contributed by atoms with Gasteiger partial charge >= 0.3 is 5.97 Å². The van der Waals surface area contributed by atoms with E-state index in [0.717, 1.165) is 12.8 Å². The predicted octanol–water partition coefficient (Wildman–Crippen LogP) is 3.41. The number of hydrogen-bond donors (Lipinski definition) is 1. The van der Waals surface area contributed by atoms with Gasteiger partial charge in [-0.05, 0) is 62.2 Å². The molecule has 162 valence electrons. The molecule has 6 heteroatoms. The first kappa shape index (κ1) is 21.0. The van der Waals surface area contributed by atoms with E-state index >= 15 is 4.39 Å². The van der Waals surface area contributed by atoms with E-state index in [1.807, 2.05) is 13.8 Å². The van der Waals surface area contributed by atoms with Gasteiger partial charge in [0, 0.05) is 30.6 Å². The summed E-state index contributed by atoms with van der Waals surface area (Å²) in [5, 5.41) is 10.1. The summed E-state index contributed by atoms with van der Waals surface area (Å²) in [6.45, 7) is 4.90. The Morgan fingerprint density at radius 1 is 1.14 bits per heavy atom. The molecular formula is C23H33FO5. The Kier molecular flexibility index (Phi) is 4.96. The molecule has 1 N–H and O–H groups in total. The number of ketones is 2. The molecule has 5 nitrogen and oxygen atoms in total. The maximum absolute atomic E-state index is 16.9. The summed E-state index contributed by atoms with van der Waals surface area (Å²) in [6.07, 6.45) is 4.17. The molecule has 0 aromatic carbocycles. The molecule has 0 saturated heterocycles. The second-order valence-electron chi connectivity index (χ2n) is 10.5. The number of carbonyl (C=O) groups is 3. The van der Waals surface area contributed by atoms with Gasteiger partial charge < -0.3 is 9.84 Å². The fourth-order valence-corrected chi connectivity index (χ4v) is 7.76. The van der Waals surface area contributed by atoms with E-state index in [1.54, 1.807) is 0 Å². The predicted molar refractivity (Wildman–Crippen MR) is 104 cm³/mol. The van der Waals surface area contributed by atoms with Crippen molar-refractivity contribution in [1.82, 2.24) is 0 Å². The minimum atomic E-state index is -1.87. The van der Waals surface area contributed by atoms with Gasteiger partial charge in [-0.25, -0.2) is 4.39 Å². The number of halogens is 1. The van der Waals surface area contributed by atoms with Crippen molar-refractivity contribution in [3.63, 3.8) is 0 Å². The van der Waals surface area contributed by atoms with E-state index in [9.17, 15) is 19.5 Å². The number of carbonyl (C=O) groups excluding carboxylic acids is 3. The molecule has 4 aliphatic carbocycles. The fraction of sp³-hybridized carbons (Fsp3) is 0.870. The van der Waals surface area contributed by atoms with Crippen molar-refractivity contribution in [1.29, 1.82) is 0 Å². The number of fused-ring (bicyclic) bond motifs is 5. The standard InChI is InChI=1S/C23H33FO5/c1-13(25)29-12-19(27)18-7-6-16-17-5-4-14-10-15(26)8-9-22(14,3)23(17,24)20(28)11-21(16,18)2/h14-18,26H,4-12H2,1-3H3/t14-,15+,16+,17+,18-,21+,22+,23+/m1/s1. The van der Waals surface area contributed by atoms with Crippen LogP contribution in [0.2, 0.25) is 0 Å². The average molecular weight is 409 g/mol. The summed E-state index contributed by atoms with van der Waals surface area (Å²) in [4.78, 5) is 37.3. The van der Waals surface area contributed by atoms with Crippen LogP contribution in [0.3, 0.4) is 0 Å². The van der Waals surface area contributed by atoms with E-state index in [2.05, 4.69) is 0 Å². The topological polar surface area (TPSA) is 80.7 Å². The molecular weight excluding hydrogens is 375 g/mol. The molecule has 0 heterocycles. The van der Waals surface area contributed by atoms with Gasteiger partial charge in [-0.15, -0.1) is 0 Å². The monoisotopic (exact) mass is 408 g/mol. The first-order valence-corrected chi connectivity index (χ1v) is 11.1. The van der Waals surface area contributed by atoms with Gasteiger partial charge in [0.05, 0.1) is 6.10 Å². The quantitative estimate of drug-likeness (QED) is 0.724. The van der Waals surface area contributed by atoms with Crippen LogP contribution in [-0.4, -0.2) is 41.0 Å². The summed E-state index contributed by atoms with van der Waals surface area (Å²) in [5.41, 5.74) is -3.16. The van der Waals surface area contributed by atoms with Crippen LogP contribution in [0, 0.1) is 34.5 Å². The number of esters is 1. The number of hydrogen-bond acceptors (Lipinski definition) is 5. The normalized spacial score (nSPS) is 49.0. The van der Waals surface area contributed by atoms with Gasteiger partial charge in [0.2, 0.25) is 0 Å². The molecule has 8 atom stereocenters. The molecule has 0 spiro atoms. The van der Waals surface area contributed by atoms with Crippen LogP contribution in [0.1, 0.15) is 72.1 Å². The van der Waals surface area contributed by atoms with Gasteiger partial charge in [0.25, 0.3) is 0 Å². The molecule has 29 heavy (non-hydrogen) atoms. The summed E-state index contributed by atoms with van der Waals surface area (Å²) >= 11 is 0. The fourth-order valence-electron chi connectivity index (χ4n) is 7.76. The Morgan fingerprint density at radius 3 is 2.52 bits per heavy atom. The smallest absolute Gasteiger partial charge is 0.303 e. The van der Waals surface area contributed by atoms with Gasteiger partial charge in [-0.3, -0.25) is 14.4 Å². The zero-order valence-corrected chi connectivity index (χ0v) is 17.7. The van der Waals surface area contributed by atoms with Crippen molar-refractivity contribution in [3.8, 4) is 0 Å². The van der Waals surface area contributed by atoms with Crippen LogP contribution in [-0.2, 0) is 19.1 Å². The first-order chi connectivity index (χ1) is 13.5. The zero-order valence-electron chi connectivity index (χ0n) is 17.7. The van der Waals surface area contributed by atoms with E-state index < -0.39 is 28.6 Å². The molecule has 0 bridgehead atoms. The van der Waals surface area contributed by atoms with Crippen molar-refractivity contribution in [3.05, 3.63) is 0 Å². The minimum absolute atomic E-state index is 0.0129. The minimum Gasteiger partial charge on any atom is -0.458 e. The number of Topliss-reactive ketones (excluding diaryl/α,β-unsaturated/α-hetero) is 2. The third-order valence-electron chi connectivity index (χ3n) is 9.27. The van der Waals surface area contributed by atoms with E-state index in [-0.39, 0.29) is 48.3 Å². The SMILES string of the molecule is CC(=O)OCC(=O)[C@H]1CC[C@H]2[C@@H]3CC[C@@H]4C[C@@H](O)CC[C@]4(C)[C@@]3(F)C(=O)C[C@]12C. The lowest BCUT2D eigenvalue weighted by molar-refractivity contribution is -0.201. The van der Waals surface area contributed by atoms with Crippen LogP contribution in [0.25, 0.3) is 0 Å². The van der Waals surface area contributed by atoms with Gasteiger partial charge in [-0.1, -0.05) is 13.8 Å². The van der Waals surface area contributed by atoms with Crippen molar-refractivity contribution in [2.45, 2.75) is 83.9 Å². The van der Waals surface area contributed by atoms with Crippen LogP contribution < -0.4 is 0 Å². The second kappa shape index (κ2) is 6.86. The Balaban J connectivity index is 1.64. The molecule has 0 radical (unpaired) electrons. The first-order valence-electron chi connectivity index (χ1n) is 11.1. The molecule has 0 aromatic heterocycles.